The van der Waals surface area contributed by atoms with Gasteiger partial charge in [-0.05, 0) is 43.5 Å². The van der Waals surface area contributed by atoms with Gasteiger partial charge in [0.1, 0.15) is 6.04 Å². The van der Waals surface area contributed by atoms with Gasteiger partial charge in [-0.15, -0.1) is 0 Å². The minimum Gasteiger partial charge on any atom is -0.342 e. The molecular formula is C18H27N3O4S. The number of hydrogen-bond acceptors (Lipinski definition) is 4. The van der Waals surface area contributed by atoms with Crippen LogP contribution in [-0.2, 0) is 19.6 Å². The van der Waals surface area contributed by atoms with Crippen molar-refractivity contribution in [1.29, 1.82) is 0 Å². The Kier molecular flexibility index (Phi) is 6.28. The summed E-state index contributed by atoms with van der Waals surface area (Å²) in [6.45, 7) is 7.45. The smallest absolute Gasteiger partial charge is 0.246 e. The van der Waals surface area contributed by atoms with E-state index in [0.29, 0.717) is 38.3 Å². The molecule has 0 saturated carbocycles. The van der Waals surface area contributed by atoms with Gasteiger partial charge in [-0.25, -0.2) is 8.42 Å². The van der Waals surface area contributed by atoms with Gasteiger partial charge < -0.3 is 9.80 Å². The maximum absolute atomic E-state index is 13.1. The summed E-state index contributed by atoms with van der Waals surface area (Å²) in [5.74, 6) is -0.221. The Morgan fingerprint density at radius 2 is 1.81 bits per heavy atom. The van der Waals surface area contributed by atoms with Gasteiger partial charge in [0.2, 0.25) is 22.3 Å². The van der Waals surface area contributed by atoms with Crippen molar-refractivity contribution >= 4 is 28.0 Å². The molecule has 0 N–H and O–H groups in total. The number of rotatable bonds is 6. The molecule has 1 fully saturated rings. The average molecular weight is 381 g/mol. The molecule has 7 nitrogen and oxygen atoms in total. The third-order valence-corrected chi connectivity index (χ3v) is 6.01. The number of hydrogen-bond donors (Lipinski definition) is 0. The van der Waals surface area contributed by atoms with Crippen LogP contribution in [0.2, 0.25) is 0 Å². The third-order valence-electron chi connectivity index (χ3n) is 4.83. The van der Waals surface area contributed by atoms with Crippen LogP contribution in [0.3, 0.4) is 0 Å². The highest BCUT2D eigenvalue weighted by Crippen LogP contribution is 2.26. The van der Waals surface area contributed by atoms with E-state index in [0.717, 1.165) is 23.8 Å². The van der Waals surface area contributed by atoms with Crippen molar-refractivity contribution in [3.8, 4) is 0 Å². The molecule has 1 aliphatic heterocycles. The lowest BCUT2D eigenvalue weighted by atomic mass is 10.1. The fourth-order valence-electron chi connectivity index (χ4n) is 3.16. The van der Waals surface area contributed by atoms with Crippen LogP contribution in [0.5, 0.6) is 0 Å². The van der Waals surface area contributed by atoms with Gasteiger partial charge in [-0.2, -0.15) is 0 Å². The molecule has 0 aromatic heterocycles. The van der Waals surface area contributed by atoms with Crippen LogP contribution in [0.15, 0.2) is 18.2 Å². The van der Waals surface area contributed by atoms with E-state index in [1.807, 2.05) is 26.8 Å². The number of carbonyl (C=O) groups excluding carboxylic acids is 2. The molecule has 0 radical (unpaired) electrons. The maximum Gasteiger partial charge on any atom is 0.246 e. The first-order valence-corrected chi connectivity index (χ1v) is 10.6. The zero-order chi connectivity index (χ0) is 19.5. The van der Waals surface area contributed by atoms with Crippen LogP contribution in [0.25, 0.3) is 0 Å². The first-order chi connectivity index (χ1) is 12.2. The Bertz CT molecular complexity index is 771. The number of carbonyl (C=O) groups is 2. The van der Waals surface area contributed by atoms with E-state index in [4.69, 9.17) is 0 Å². The second kappa shape index (κ2) is 8.07. The molecule has 26 heavy (non-hydrogen) atoms. The molecule has 0 spiro atoms. The van der Waals surface area contributed by atoms with Gasteiger partial charge in [0.05, 0.1) is 11.9 Å². The van der Waals surface area contributed by atoms with E-state index < -0.39 is 16.1 Å². The summed E-state index contributed by atoms with van der Waals surface area (Å²) in [5.41, 5.74) is 2.53. The normalized spacial score (nSPS) is 16.3. The zero-order valence-corrected chi connectivity index (χ0v) is 16.6. The third kappa shape index (κ3) is 4.35. The Labute approximate surface area is 155 Å². The molecule has 1 aromatic rings. The predicted molar refractivity (Wildman–Crippen MR) is 102 cm³/mol. The van der Waals surface area contributed by atoms with E-state index >= 15 is 0 Å². The number of amides is 2. The fourth-order valence-corrected chi connectivity index (χ4v) is 4.36. The first kappa shape index (κ1) is 20.2. The summed E-state index contributed by atoms with van der Waals surface area (Å²) in [4.78, 5) is 27.2. The number of piperazine rings is 1. The van der Waals surface area contributed by atoms with E-state index in [-0.39, 0.29) is 5.91 Å². The molecule has 1 aromatic carbocycles. The predicted octanol–water partition coefficient (Wildman–Crippen LogP) is 1.15. The number of sulfonamides is 1. The SMILES string of the molecule is CC[C@@H](C(=O)N1CCN(C=O)CC1)N(c1ccc(C)c(C)c1)S(C)(=O)=O. The summed E-state index contributed by atoms with van der Waals surface area (Å²) >= 11 is 0. The van der Waals surface area contributed by atoms with Gasteiger partial charge in [0.25, 0.3) is 0 Å². The molecule has 8 heteroatoms. The molecule has 144 valence electrons. The lowest BCUT2D eigenvalue weighted by Crippen LogP contribution is -2.55. The molecule has 0 aliphatic carbocycles. The van der Waals surface area contributed by atoms with E-state index in [1.165, 1.54) is 4.31 Å². The van der Waals surface area contributed by atoms with Crippen LogP contribution >= 0.6 is 0 Å². The lowest BCUT2D eigenvalue weighted by Gasteiger charge is -2.38. The van der Waals surface area contributed by atoms with Crippen molar-refractivity contribution in [2.24, 2.45) is 0 Å². The maximum atomic E-state index is 13.1. The largest absolute Gasteiger partial charge is 0.342 e. The summed E-state index contributed by atoms with van der Waals surface area (Å²) < 4.78 is 26.3. The summed E-state index contributed by atoms with van der Waals surface area (Å²) in [6, 6.07) is 4.61. The highest BCUT2D eigenvalue weighted by molar-refractivity contribution is 7.92. The van der Waals surface area contributed by atoms with Crippen molar-refractivity contribution in [2.45, 2.75) is 33.2 Å². The van der Waals surface area contributed by atoms with Crippen LogP contribution in [0.1, 0.15) is 24.5 Å². The summed E-state index contributed by atoms with van der Waals surface area (Å²) in [6.07, 6.45) is 2.27. The molecule has 0 unspecified atom stereocenters. The molecule has 1 heterocycles. The number of anilines is 1. The topological polar surface area (TPSA) is 78.0 Å². The van der Waals surface area contributed by atoms with Gasteiger partial charge in [0, 0.05) is 26.2 Å². The molecule has 1 atom stereocenters. The van der Waals surface area contributed by atoms with Crippen LogP contribution < -0.4 is 4.31 Å². The van der Waals surface area contributed by atoms with E-state index in [9.17, 15) is 18.0 Å². The fraction of sp³-hybridized carbons (Fsp3) is 0.556. The Morgan fingerprint density at radius 1 is 1.19 bits per heavy atom. The molecule has 0 bridgehead atoms. The molecule has 1 aliphatic rings. The Balaban J connectivity index is 2.34. The second-order valence-corrected chi connectivity index (χ2v) is 8.58. The average Bonchev–Trinajstić information content (AvgIpc) is 2.60. The van der Waals surface area contributed by atoms with Crippen LogP contribution in [0, 0.1) is 13.8 Å². The molecule has 1 saturated heterocycles. The van der Waals surface area contributed by atoms with Crippen molar-refractivity contribution in [1.82, 2.24) is 9.80 Å². The highest BCUT2D eigenvalue weighted by atomic mass is 32.2. The molecular weight excluding hydrogens is 354 g/mol. The van der Waals surface area contributed by atoms with Crippen molar-refractivity contribution in [2.75, 3.05) is 36.7 Å². The lowest BCUT2D eigenvalue weighted by molar-refractivity contribution is -0.136. The van der Waals surface area contributed by atoms with Crippen LogP contribution in [0.4, 0.5) is 5.69 Å². The zero-order valence-electron chi connectivity index (χ0n) is 15.8. The van der Waals surface area contributed by atoms with Crippen LogP contribution in [-0.4, -0.2) is 69.0 Å². The monoisotopic (exact) mass is 381 g/mol. The molecule has 2 amide bonds. The number of aryl methyl sites for hydroxylation is 2. The quantitative estimate of drug-likeness (QED) is 0.693. The summed E-state index contributed by atoms with van der Waals surface area (Å²) in [5, 5.41) is 0. The standard InChI is InChI=1S/C18H27N3O4S/c1-5-17(18(23)20-10-8-19(13-22)9-11-20)21(26(4,24)25)16-7-6-14(2)15(3)12-16/h6-7,12-13,17H,5,8-11H2,1-4H3/t17-/m0/s1. The van der Waals surface area contributed by atoms with Crippen molar-refractivity contribution in [3.05, 3.63) is 29.3 Å². The second-order valence-electron chi connectivity index (χ2n) is 6.72. The Hall–Kier alpha value is -2.09. The van der Waals surface area contributed by atoms with Crippen molar-refractivity contribution < 1.29 is 18.0 Å². The van der Waals surface area contributed by atoms with E-state index in [1.54, 1.807) is 21.9 Å². The Morgan fingerprint density at radius 3 is 2.27 bits per heavy atom. The number of benzene rings is 1. The van der Waals surface area contributed by atoms with Crippen molar-refractivity contribution in [3.63, 3.8) is 0 Å². The van der Waals surface area contributed by atoms with Gasteiger partial charge >= 0.3 is 0 Å². The highest BCUT2D eigenvalue weighted by Gasteiger charge is 2.35. The minimum atomic E-state index is -3.64. The van der Waals surface area contributed by atoms with E-state index in [2.05, 4.69) is 0 Å². The summed E-state index contributed by atoms with van der Waals surface area (Å²) in [7, 11) is -3.64. The van der Waals surface area contributed by atoms with Gasteiger partial charge in [0.15, 0.2) is 0 Å². The van der Waals surface area contributed by atoms with Gasteiger partial charge in [-0.1, -0.05) is 13.0 Å². The molecule has 2 rings (SSSR count). The number of nitrogens with zero attached hydrogens (tertiary/aromatic N) is 3. The van der Waals surface area contributed by atoms with Gasteiger partial charge in [-0.3, -0.25) is 13.9 Å². The first-order valence-electron chi connectivity index (χ1n) is 8.73. The minimum absolute atomic E-state index is 0.221.